The summed E-state index contributed by atoms with van der Waals surface area (Å²) in [6.07, 6.45) is 13.0. The SMILES string of the molecule is CCCCCCCCCC1(C(=O)O)CC=CCC1(CC(C)C)C(=O)O. The van der Waals surface area contributed by atoms with Crippen molar-refractivity contribution in [2.24, 2.45) is 16.7 Å². The number of hydrogen-bond acceptors (Lipinski definition) is 2. The highest BCUT2D eigenvalue weighted by molar-refractivity contribution is 5.87. The number of hydrogen-bond donors (Lipinski definition) is 2. The van der Waals surface area contributed by atoms with Gasteiger partial charge in [0, 0.05) is 0 Å². The van der Waals surface area contributed by atoms with Gasteiger partial charge in [-0.2, -0.15) is 0 Å². The molecule has 0 heterocycles. The molecule has 0 bridgehead atoms. The van der Waals surface area contributed by atoms with Gasteiger partial charge in [-0.15, -0.1) is 0 Å². The monoisotopic (exact) mass is 352 g/mol. The summed E-state index contributed by atoms with van der Waals surface area (Å²) in [4.78, 5) is 24.5. The quantitative estimate of drug-likeness (QED) is 0.351. The van der Waals surface area contributed by atoms with Crippen LogP contribution in [0.15, 0.2) is 12.2 Å². The van der Waals surface area contributed by atoms with E-state index in [1.807, 2.05) is 26.0 Å². The first-order chi connectivity index (χ1) is 11.8. The third-order valence-electron chi connectivity index (χ3n) is 5.80. The van der Waals surface area contributed by atoms with Crippen LogP contribution in [0.2, 0.25) is 0 Å². The Morgan fingerprint density at radius 3 is 1.84 bits per heavy atom. The zero-order valence-electron chi connectivity index (χ0n) is 16.2. The van der Waals surface area contributed by atoms with Crippen LogP contribution in [-0.2, 0) is 9.59 Å². The Bertz CT molecular complexity index is 469. The Balaban J connectivity index is 2.89. The van der Waals surface area contributed by atoms with Gasteiger partial charge in [-0.05, 0) is 31.6 Å². The van der Waals surface area contributed by atoms with E-state index in [1.54, 1.807) is 0 Å². The predicted octanol–water partition coefficient (Wildman–Crippen LogP) is 5.67. The number of allylic oxidation sites excluding steroid dienone is 2. The highest BCUT2D eigenvalue weighted by atomic mass is 16.4. The maximum atomic E-state index is 12.3. The van der Waals surface area contributed by atoms with E-state index in [2.05, 4.69) is 6.92 Å². The molecule has 2 unspecified atom stereocenters. The predicted molar refractivity (Wildman–Crippen MR) is 101 cm³/mol. The Labute approximate surface area is 152 Å². The van der Waals surface area contributed by atoms with E-state index in [9.17, 15) is 19.8 Å². The van der Waals surface area contributed by atoms with Crippen LogP contribution in [0.25, 0.3) is 0 Å². The second-order valence-electron chi connectivity index (χ2n) is 8.12. The van der Waals surface area contributed by atoms with Gasteiger partial charge in [0.25, 0.3) is 0 Å². The molecule has 1 rings (SSSR count). The fourth-order valence-electron chi connectivity index (χ4n) is 4.44. The summed E-state index contributed by atoms with van der Waals surface area (Å²) in [6.45, 7) is 6.14. The maximum Gasteiger partial charge on any atom is 0.311 e. The molecule has 0 spiro atoms. The van der Waals surface area contributed by atoms with Gasteiger partial charge in [0.15, 0.2) is 0 Å². The zero-order valence-corrected chi connectivity index (χ0v) is 16.2. The minimum Gasteiger partial charge on any atom is -0.481 e. The number of rotatable bonds is 12. The average molecular weight is 353 g/mol. The first kappa shape index (κ1) is 21.7. The number of aliphatic carboxylic acids is 2. The first-order valence-corrected chi connectivity index (χ1v) is 9.94. The molecule has 25 heavy (non-hydrogen) atoms. The minimum atomic E-state index is -1.19. The third kappa shape index (κ3) is 5.08. The third-order valence-corrected chi connectivity index (χ3v) is 5.80. The fraction of sp³-hybridized carbons (Fsp3) is 0.810. The summed E-state index contributed by atoms with van der Waals surface area (Å²) >= 11 is 0. The van der Waals surface area contributed by atoms with E-state index in [1.165, 1.54) is 25.7 Å². The Hall–Kier alpha value is -1.32. The highest BCUT2D eigenvalue weighted by Gasteiger charge is 2.60. The molecule has 0 radical (unpaired) electrons. The lowest BCUT2D eigenvalue weighted by atomic mass is 9.53. The Kier molecular flexibility index (Phi) is 8.67. The van der Waals surface area contributed by atoms with Gasteiger partial charge < -0.3 is 10.2 Å². The lowest BCUT2D eigenvalue weighted by Crippen LogP contribution is -2.54. The van der Waals surface area contributed by atoms with Crippen LogP contribution < -0.4 is 0 Å². The van der Waals surface area contributed by atoms with Crippen LogP contribution >= 0.6 is 0 Å². The molecule has 0 aliphatic heterocycles. The van der Waals surface area contributed by atoms with Gasteiger partial charge in [-0.3, -0.25) is 9.59 Å². The van der Waals surface area contributed by atoms with Crippen LogP contribution in [0, 0.1) is 16.7 Å². The van der Waals surface area contributed by atoms with E-state index >= 15 is 0 Å². The molecule has 0 aromatic rings. The van der Waals surface area contributed by atoms with Crippen molar-refractivity contribution in [2.45, 2.75) is 91.4 Å². The summed E-state index contributed by atoms with van der Waals surface area (Å²) in [5, 5.41) is 20.1. The average Bonchev–Trinajstić information content (AvgIpc) is 2.54. The molecular formula is C21H36O4. The first-order valence-electron chi connectivity index (χ1n) is 9.94. The molecule has 0 saturated heterocycles. The lowest BCUT2D eigenvalue weighted by molar-refractivity contribution is -0.178. The van der Waals surface area contributed by atoms with Crippen molar-refractivity contribution >= 4 is 11.9 Å². The topological polar surface area (TPSA) is 74.6 Å². The van der Waals surface area contributed by atoms with Crippen LogP contribution in [-0.4, -0.2) is 22.2 Å². The van der Waals surface area contributed by atoms with Crippen molar-refractivity contribution in [1.82, 2.24) is 0 Å². The van der Waals surface area contributed by atoms with E-state index in [0.29, 0.717) is 25.7 Å². The van der Waals surface area contributed by atoms with Gasteiger partial charge in [0.05, 0.1) is 10.8 Å². The van der Waals surface area contributed by atoms with Gasteiger partial charge in [0.2, 0.25) is 0 Å². The summed E-state index contributed by atoms with van der Waals surface area (Å²) in [5.74, 6) is -1.74. The molecule has 4 nitrogen and oxygen atoms in total. The number of carbonyl (C=O) groups is 2. The number of carboxylic acids is 2. The van der Waals surface area contributed by atoms with E-state index in [-0.39, 0.29) is 5.92 Å². The molecule has 0 aromatic carbocycles. The summed E-state index contributed by atoms with van der Waals surface area (Å²) < 4.78 is 0. The van der Waals surface area contributed by atoms with Gasteiger partial charge in [-0.1, -0.05) is 77.9 Å². The molecular weight excluding hydrogens is 316 g/mol. The van der Waals surface area contributed by atoms with Gasteiger partial charge in [0.1, 0.15) is 0 Å². The fourth-order valence-corrected chi connectivity index (χ4v) is 4.44. The standard InChI is InChI=1S/C21H36O4/c1-4-5-6-7-8-9-10-13-20(18(22)23)14-11-12-15-21(20,19(24)25)16-17(2)3/h11-12,17H,4-10,13-16H2,1-3H3,(H,22,23)(H,24,25). The second kappa shape index (κ2) is 9.98. The summed E-state index contributed by atoms with van der Waals surface area (Å²) in [6, 6.07) is 0. The largest absolute Gasteiger partial charge is 0.481 e. The molecule has 4 heteroatoms. The Morgan fingerprint density at radius 1 is 0.880 bits per heavy atom. The molecule has 0 saturated carbocycles. The van der Waals surface area contributed by atoms with Gasteiger partial charge >= 0.3 is 11.9 Å². The molecule has 2 atom stereocenters. The lowest BCUT2D eigenvalue weighted by Gasteiger charge is -2.47. The Morgan fingerprint density at radius 2 is 1.36 bits per heavy atom. The molecule has 1 aliphatic rings. The smallest absolute Gasteiger partial charge is 0.311 e. The van der Waals surface area contributed by atoms with Crippen molar-refractivity contribution in [2.75, 3.05) is 0 Å². The molecule has 2 N–H and O–H groups in total. The van der Waals surface area contributed by atoms with Crippen molar-refractivity contribution in [3.05, 3.63) is 12.2 Å². The van der Waals surface area contributed by atoms with E-state index < -0.39 is 22.8 Å². The molecule has 0 fully saturated rings. The van der Waals surface area contributed by atoms with Crippen molar-refractivity contribution in [1.29, 1.82) is 0 Å². The van der Waals surface area contributed by atoms with Crippen LogP contribution in [0.5, 0.6) is 0 Å². The second-order valence-corrected chi connectivity index (χ2v) is 8.12. The van der Waals surface area contributed by atoms with Crippen LogP contribution in [0.3, 0.4) is 0 Å². The normalized spacial score (nSPS) is 26.1. The van der Waals surface area contributed by atoms with Gasteiger partial charge in [-0.25, -0.2) is 0 Å². The zero-order chi connectivity index (χ0) is 18.9. The molecule has 1 aliphatic carbocycles. The number of carboxylic acid groups (broad SMARTS) is 2. The van der Waals surface area contributed by atoms with Crippen LogP contribution in [0.4, 0.5) is 0 Å². The summed E-state index contributed by atoms with van der Waals surface area (Å²) in [7, 11) is 0. The van der Waals surface area contributed by atoms with E-state index in [4.69, 9.17) is 0 Å². The van der Waals surface area contributed by atoms with Crippen LogP contribution in [0.1, 0.15) is 91.4 Å². The molecule has 0 aromatic heterocycles. The van der Waals surface area contributed by atoms with Crippen molar-refractivity contribution in [3.8, 4) is 0 Å². The molecule has 0 amide bonds. The highest BCUT2D eigenvalue weighted by Crippen LogP contribution is 2.55. The van der Waals surface area contributed by atoms with Crippen molar-refractivity contribution < 1.29 is 19.8 Å². The molecule has 144 valence electrons. The van der Waals surface area contributed by atoms with Crippen molar-refractivity contribution in [3.63, 3.8) is 0 Å². The maximum absolute atomic E-state index is 12.3. The minimum absolute atomic E-state index is 0.148. The van der Waals surface area contributed by atoms with E-state index in [0.717, 1.165) is 19.3 Å². The summed E-state index contributed by atoms with van der Waals surface area (Å²) in [5.41, 5.74) is -2.37. The number of unbranched alkanes of at least 4 members (excludes halogenated alkanes) is 6.